The Morgan fingerprint density at radius 3 is 1.74 bits per heavy atom. The van der Waals surface area contributed by atoms with Gasteiger partial charge in [-0.15, -0.1) is 0 Å². The van der Waals surface area contributed by atoms with Crippen molar-refractivity contribution in [3.8, 4) is 0 Å². The minimum Gasteiger partial charge on any atom is -0.345 e. The lowest BCUT2D eigenvalue weighted by molar-refractivity contribution is 0.219. The maximum Gasteiger partial charge on any atom is 0.188 e. The van der Waals surface area contributed by atoms with E-state index in [1.807, 2.05) is 13.8 Å². The van der Waals surface area contributed by atoms with Crippen molar-refractivity contribution >= 4 is 18.3 Å². The molecule has 4 heteroatoms. The van der Waals surface area contributed by atoms with E-state index in [9.17, 15) is 4.89 Å². The molecule has 0 saturated carbocycles. The largest absolute Gasteiger partial charge is 0.345 e. The third-order valence-electron chi connectivity index (χ3n) is 4.58. The molecule has 0 aromatic carbocycles. The molecular formula is C19H41O2PS. The average Bonchev–Trinajstić information content (AvgIpc) is 2.51. The molecule has 0 spiro atoms. The Balaban J connectivity index is 4.09. The lowest BCUT2D eigenvalue weighted by Gasteiger charge is -2.24. The average molecular weight is 365 g/mol. The van der Waals surface area contributed by atoms with E-state index in [0.717, 1.165) is 0 Å². The second-order valence-corrected chi connectivity index (χ2v) is 11.2. The van der Waals surface area contributed by atoms with E-state index >= 15 is 0 Å². The maximum absolute atomic E-state index is 10.2. The van der Waals surface area contributed by atoms with Crippen molar-refractivity contribution in [2.24, 2.45) is 5.92 Å². The highest BCUT2D eigenvalue weighted by atomic mass is 32.5. The lowest BCUT2D eigenvalue weighted by Crippen LogP contribution is -2.12. The molecule has 0 rings (SSSR count). The highest BCUT2D eigenvalue weighted by molar-refractivity contribution is 8.09. The Bertz CT molecular complexity index is 308. The van der Waals surface area contributed by atoms with Gasteiger partial charge >= 0.3 is 0 Å². The third kappa shape index (κ3) is 13.5. The Labute approximate surface area is 151 Å². The van der Waals surface area contributed by atoms with E-state index in [2.05, 4.69) is 13.8 Å². The Morgan fingerprint density at radius 1 is 0.826 bits per heavy atom. The van der Waals surface area contributed by atoms with Crippen LogP contribution >= 0.6 is 6.49 Å². The van der Waals surface area contributed by atoms with Gasteiger partial charge in [-0.3, -0.25) is 0 Å². The Morgan fingerprint density at radius 2 is 1.26 bits per heavy atom. The maximum atomic E-state index is 10.2. The summed E-state index contributed by atoms with van der Waals surface area (Å²) in [4.78, 5) is 10.2. The van der Waals surface area contributed by atoms with Gasteiger partial charge in [0.2, 0.25) is 0 Å². The van der Waals surface area contributed by atoms with Crippen molar-refractivity contribution in [2.75, 3.05) is 6.61 Å². The van der Waals surface area contributed by atoms with Crippen LogP contribution in [-0.2, 0) is 16.3 Å². The molecule has 0 aliphatic heterocycles. The summed E-state index contributed by atoms with van der Waals surface area (Å²) in [5.74, 6) is 0.575. The van der Waals surface area contributed by atoms with Crippen molar-refractivity contribution in [3.05, 3.63) is 0 Å². The molecule has 0 aromatic rings. The van der Waals surface area contributed by atoms with Crippen LogP contribution in [-0.4, -0.2) is 17.2 Å². The van der Waals surface area contributed by atoms with Crippen LogP contribution in [0, 0.1) is 5.92 Å². The number of rotatable bonds is 16. The van der Waals surface area contributed by atoms with E-state index < -0.39 is 6.49 Å². The molecule has 2 unspecified atom stereocenters. The van der Waals surface area contributed by atoms with Gasteiger partial charge in [-0.1, -0.05) is 91.9 Å². The zero-order chi connectivity index (χ0) is 17.6. The topological polar surface area (TPSA) is 29.5 Å². The van der Waals surface area contributed by atoms with Gasteiger partial charge in [0.1, 0.15) is 0 Å². The minimum atomic E-state index is -2.58. The zero-order valence-corrected chi connectivity index (χ0v) is 17.8. The molecule has 0 fully saturated rings. The highest BCUT2D eigenvalue weighted by Crippen LogP contribution is 2.48. The fourth-order valence-electron chi connectivity index (χ4n) is 2.75. The zero-order valence-electron chi connectivity index (χ0n) is 16.1. The van der Waals surface area contributed by atoms with Crippen LogP contribution in [0.4, 0.5) is 0 Å². The molecule has 0 saturated heterocycles. The van der Waals surface area contributed by atoms with Crippen molar-refractivity contribution in [1.82, 2.24) is 0 Å². The second-order valence-electron chi connectivity index (χ2n) is 7.23. The predicted octanol–water partition coefficient (Wildman–Crippen LogP) is 7.05. The van der Waals surface area contributed by atoms with Crippen molar-refractivity contribution in [1.29, 1.82) is 0 Å². The number of hydrogen-bond donors (Lipinski definition) is 1. The summed E-state index contributed by atoms with van der Waals surface area (Å²) in [6.07, 6.45) is 15.7. The lowest BCUT2D eigenvalue weighted by atomic mass is 9.95. The fraction of sp³-hybridized carbons (Fsp3) is 1.00. The molecule has 140 valence electrons. The van der Waals surface area contributed by atoms with Gasteiger partial charge in [0, 0.05) is 5.66 Å². The van der Waals surface area contributed by atoms with Crippen molar-refractivity contribution < 1.29 is 9.42 Å². The first-order valence-electron chi connectivity index (χ1n) is 9.91. The normalized spacial score (nSPS) is 15.7. The van der Waals surface area contributed by atoms with Gasteiger partial charge in [0.25, 0.3) is 0 Å². The smallest absolute Gasteiger partial charge is 0.188 e. The van der Waals surface area contributed by atoms with Crippen LogP contribution in [0.1, 0.15) is 105 Å². The number of unbranched alkanes of at least 4 members (excludes halogenated alkanes) is 8. The van der Waals surface area contributed by atoms with Crippen LogP contribution in [0.2, 0.25) is 0 Å². The summed E-state index contributed by atoms with van der Waals surface area (Å²) >= 11 is 5.27. The Hall–Kier alpha value is 0.570. The molecule has 0 aromatic heterocycles. The first-order chi connectivity index (χ1) is 10.9. The van der Waals surface area contributed by atoms with Crippen LogP contribution < -0.4 is 0 Å². The van der Waals surface area contributed by atoms with Crippen LogP contribution in [0.5, 0.6) is 0 Å². The third-order valence-corrected chi connectivity index (χ3v) is 7.98. The molecule has 2 nitrogen and oxygen atoms in total. The van der Waals surface area contributed by atoms with Gasteiger partial charge in [0.15, 0.2) is 6.49 Å². The minimum absolute atomic E-state index is 0.0623. The summed E-state index contributed by atoms with van der Waals surface area (Å²) in [6.45, 7) is 6.51. The van der Waals surface area contributed by atoms with Crippen LogP contribution in [0.25, 0.3) is 0 Å². The van der Waals surface area contributed by atoms with Gasteiger partial charge in [-0.05, 0) is 30.6 Å². The molecule has 1 N–H and O–H groups in total. The van der Waals surface area contributed by atoms with Gasteiger partial charge in [-0.25, -0.2) is 0 Å². The molecule has 23 heavy (non-hydrogen) atoms. The SMILES string of the molecule is CCCCCCCCC(CCCCCC)COP(O)(=S)C(C)C. The summed E-state index contributed by atoms with van der Waals surface area (Å²) in [5.41, 5.74) is 0.0623. The summed E-state index contributed by atoms with van der Waals surface area (Å²) in [6, 6.07) is 0. The molecule has 0 amide bonds. The van der Waals surface area contributed by atoms with Crippen molar-refractivity contribution in [3.63, 3.8) is 0 Å². The second kappa shape index (κ2) is 14.9. The first kappa shape index (κ1) is 23.6. The standard InChI is InChI=1S/C19H41O2PS/c1-5-7-9-11-12-14-16-19(15-13-10-8-6-2)17-21-22(20,23)18(3)4/h18-19H,5-17H2,1-4H3,(H,20,23). The van der Waals surface area contributed by atoms with E-state index in [1.165, 1.54) is 77.0 Å². The Kier molecular flexibility index (Phi) is 15.2. The summed E-state index contributed by atoms with van der Waals surface area (Å²) < 4.78 is 5.79. The van der Waals surface area contributed by atoms with E-state index in [4.69, 9.17) is 16.3 Å². The monoisotopic (exact) mass is 364 g/mol. The molecule has 0 aliphatic carbocycles. The van der Waals surface area contributed by atoms with Crippen LogP contribution in [0.15, 0.2) is 0 Å². The highest BCUT2D eigenvalue weighted by Gasteiger charge is 2.21. The van der Waals surface area contributed by atoms with Gasteiger partial charge < -0.3 is 9.42 Å². The molecule has 0 heterocycles. The summed E-state index contributed by atoms with van der Waals surface area (Å²) in [5, 5.41) is 0. The fourth-order valence-corrected chi connectivity index (χ4v) is 3.65. The molecule has 0 aliphatic rings. The van der Waals surface area contributed by atoms with E-state index in [-0.39, 0.29) is 5.66 Å². The van der Waals surface area contributed by atoms with Crippen molar-refractivity contribution in [2.45, 2.75) is 110 Å². The summed E-state index contributed by atoms with van der Waals surface area (Å²) in [7, 11) is 0. The van der Waals surface area contributed by atoms with E-state index in [0.29, 0.717) is 12.5 Å². The van der Waals surface area contributed by atoms with Crippen LogP contribution in [0.3, 0.4) is 0 Å². The molecule has 0 bridgehead atoms. The van der Waals surface area contributed by atoms with Gasteiger partial charge in [0.05, 0.1) is 6.61 Å². The van der Waals surface area contributed by atoms with E-state index in [1.54, 1.807) is 0 Å². The molecule has 2 atom stereocenters. The molecular weight excluding hydrogens is 323 g/mol. The molecule has 0 radical (unpaired) electrons. The quantitative estimate of drug-likeness (QED) is 0.235. The van der Waals surface area contributed by atoms with Gasteiger partial charge in [-0.2, -0.15) is 0 Å². The first-order valence-corrected chi connectivity index (χ1v) is 12.6. The predicted molar refractivity (Wildman–Crippen MR) is 108 cm³/mol. The number of hydrogen-bond acceptors (Lipinski definition) is 2.